The predicted octanol–water partition coefficient (Wildman–Crippen LogP) is 3.35. The summed E-state index contributed by atoms with van der Waals surface area (Å²) < 4.78 is 29.4. The summed E-state index contributed by atoms with van der Waals surface area (Å²) in [6.07, 6.45) is 6.49. The summed E-state index contributed by atoms with van der Waals surface area (Å²) in [7, 11) is 0. The fourth-order valence-electron chi connectivity index (χ4n) is 3.49. The fraction of sp³-hybridized carbons (Fsp3) is 0.316. The minimum Gasteiger partial charge on any atom is -0.322 e. The van der Waals surface area contributed by atoms with E-state index in [1.165, 1.54) is 12.1 Å². The van der Waals surface area contributed by atoms with Gasteiger partial charge < -0.3 is 9.47 Å². The molecule has 0 spiro atoms. The lowest BCUT2D eigenvalue weighted by molar-refractivity contribution is -0.123. The van der Waals surface area contributed by atoms with Crippen molar-refractivity contribution in [2.75, 3.05) is 11.4 Å². The quantitative estimate of drug-likeness (QED) is 0.707. The van der Waals surface area contributed by atoms with E-state index in [0.29, 0.717) is 35.9 Å². The number of anilines is 1. The number of amides is 1. The number of carbonyl (C=O) groups excluding carboxylic acids is 1. The molecule has 1 amide bonds. The monoisotopic (exact) mass is 371 g/mol. The molecule has 0 radical (unpaired) electrons. The molecule has 0 aliphatic carbocycles. The van der Waals surface area contributed by atoms with E-state index in [4.69, 9.17) is 0 Å². The summed E-state index contributed by atoms with van der Waals surface area (Å²) in [5.41, 5.74) is 1.72. The molecule has 2 aromatic heterocycles. The zero-order valence-electron chi connectivity index (χ0n) is 14.8. The first-order valence-electron chi connectivity index (χ1n) is 8.79. The number of imidazole rings is 1. The van der Waals surface area contributed by atoms with Crippen LogP contribution in [0, 0.1) is 12.7 Å². The Kier molecular flexibility index (Phi) is 4.47. The lowest BCUT2D eigenvalue weighted by atomic mass is 10.0. The zero-order valence-corrected chi connectivity index (χ0v) is 14.8. The van der Waals surface area contributed by atoms with Crippen LogP contribution in [0.3, 0.4) is 0 Å². The van der Waals surface area contributed by atoms with E-state index < -0.39 is 12.7 Å². The number of nitrogens with zero attached hydrogens (tertiary/aromatic N) is 5. The van der Waals surface area contributed by atoms with Gasteiger partial charge in [-0.15, -0.1) is 0 Å². The third kappa shape index (κ3) is 3.22. The van der Waals surface area contributed by atoms with Crippen molar-refractivity contribution in [1.29, 1.82) is 0 Å². The first kappa shape index (κ1) is 17.4. The summed E-state index contributed by atoms with van der Waals surface area (Å²) in [5, 5.41) is 4.29. The third-order valence-electron chi connectivity index (χ3n) is 4.82. The number of rotatable bonds is 4. The van der Waals surface area contributed by atoms with Crippen LogP contribution in [0.15, 0.2) is 42.9 Å². The van der Waals surface area contributed by atoms with Gasteiger partial charge in [-0.05, 0) is 44.0 Å². The van der Waals surface area contributed by atoms with E-state index in [2.05, 4.69) is 10.1 Å². The Morgan fingerprint density at radius 2 is 1.96 bits per heavy atom. The molecule has 3 heterocycles. The van der Waals surface area contributed by atoms with Gasteiger partial charge in [-0.25, -0.2) is 18.4 Å². The standard InChI is InChI=1S/C19H19F2N5O/c1-13-23-15(9-20)11-25(13)18-3-2-8-24(19(18)27)17-10-22-26(12-17)16-6-4-14(21)5-7-16/h4-7,10-12,18H,2-3,8-9H2,1H3. The molecule has 140 valence electrons. The normalized spacial score (nSPS) is 17.5. The Morgan fingerprint density at radius 1 is 1.19 bits per heavy atom. The molecule has 8 heteroatoms. The lowest BCUT2D eigenvalue weighted by Crippen LogP contribution is -2.42. The molecule has 1 aromatic carbocycles. The second kappa shape index (κ2) is 6.94. The number of aromatic nitrogens is 4. The number of piperidine rings is 1. The SMILES string of the molecule is Cc1nc(CF)cn1C1CCCN(c2cnn(-c3ccc(F)cc3)c2)C1=O. The fourth-order valence-corrected chi connectivity index (χ4v) is 3.49. The van der Waals surface area contributed by atoms with Crippen LogP contribution in [0.5, 0.6) is 0 Å². The molecular formula is C19H19F2N5O. The minimum atomic E-state index is -0.650. The Morgan fingerprint density at radius 3 is 2.67 bits per heavy atom. The molecule has 1 aliphatic rings. The topological polar surface area (TPSA) is 56.0 Å². The third-order valence-corrected chi connectivity index (χ3v) is 4.82. The number of hydrogen-bond donors (Lipinski definition) is 0. The maximum absolute atomic E-state index is 13.1. The number of hydrogen-bond acceptors (Lipinski definition) is 3. The van der Waals surface area contributed by atoms with Crippen molar-refractivity contribution in [3.8, 4) is 5.69 Å². The largest absolute Gasteiger partial charge is 0.322 e. The highest BCUT2D eigenvalue weighted by Gasteiger charge is 2.32. The van der Waals surface area contributed by atoms with Crippen LogP contribution < -0.4 is 4.90 Å². The molecule has 1 fully saturated rings. The number of alkyl halides is 1. The summed E-state index contributed by atoms with van der Waals surface area (Å²) in [4.78, 5) is 18.9. The maximum atomic E-state index is 13.1. The zero-order chi connectivity index (χ0) is 19.0. The van der Waals surface area contributed by atoms with Gasteiger partial charge in [-0.1, -0.05) is 0 Å². The van der Waals surface area contributed by atoms with E-state index >= 15 is 0 Å². The Hall–Kier alpha value is -3.03. The lowest BCUT2D eigenvalue weighted by Gasteiger charge is -2.32. The minimum absolute atomic E-state index is 0.0641. The molecule has 6 nitrogen and oxygen atoms in total. The Balaban J connectivity index is 1.59. The van der Waals surface area contributed by atoms with Crippen LogP contribution >= 0.6 is 0 Å². The molecular weight excluding hydrogens is 352 g/mol. The van der Waals surface area contributed by atoms with Gasteiger partial charge >= 0.3 is 0 Å². The van der Waals surface area contributed by atoms with Crippen molar-refractivity contribution < 1.29 is 13.6 Å². The van der Waals surface area contributed by atoms with Crippen LogP contribution in [0.25, 0.3) is 5.69 Å². The molecule has 1 saturated heterocycles. The first-order valence-corrected chi connectivity index (χ1v) is 8.79. The van der Waals surface area contributed by atoms with Gasteiger partial charge in [0.25, 0.3) is 0 Å². The van der Waals surface area contributed by atoms with Gasteiger partial charge in [0.05, 0.1) is 29.5 Å². The van der Waals surface area contributed by atoms with Crippen LogP contribution in [-0.2, 0) is 11.5 Å². The number of carbonyl (C=O) groups is 1. The van der Waals surface area contributed by atoms with Crippen molar-refractivity contribution in [2.45, 2.75) is 32.5 Å². The van der Waals surface area contributed by atoms with Crippen molar-refractivity contribution >= 4 is 11.6 Å². The smallest absolute Gasteiger partial charge is 0.250 e. The summed E-state index contributed by atoms with van der Waals surface area (Å²) in [6.45, 7) is 1.72. The molecule has 1 atom stereocenters. The van der Waals surface area contributed by atoms with E-state index in [-0.39, 0.29) is 11.7 Å². The Bertz CT molecular complexity index is 963. The van der Waals surface area contributed by atoms with Crippen LogP contribution in [0.1, 0.15) is 30.4 Å². The van der Waals surface area contributed by atoms with E-state index in [1.54, 1.807) is 51.8 Å². The second-order valence-corrected chi connectivity index (χ2v) is 6.59. The van der Waals surface area contributed by atoms with Crippen LogP contribution in [0.2, 0.25) is 0 Å². The maximum Gasteiger partial charge on any atom is 0.250 e. The first-order chi connectivity index (χ1) is 13.1. The number of halogens is 2. The van der Waals surface area contributed by atoms with Gasteiger partial charge in [0.15, 0.2) is 0 Å². The Labute approximate surface area is 155 Å². The van der Waals surface area contributed by atoms with Crippen LogP contribution in [-0.4, -0.2) is 31.8 Å². The highest BCUT2D eigenvalue weighted by Crippen LogP contribution is 2.29. The van der Waals surface area contributed by atoms with Gasteiger partial charge in [-0.3, -0.25) is 4.79 Å². The molecule has 3 aromatic rings. The molecule has 1 unspecified atom stereocenters. The van der Waals surface area contributed by atoms with Gasteiger partial charge in [-0.2, -0.15) is 5.10 Å². The van der Waals surface area contributed by atoms with Crippen molar-refractivity contribution in [2.24, 2.45) is 0 Å². The molecule has 1 aliphatic heterocycles. The van der Waals surface area contributed by atoms with Crippen molar-refractivity contribution in [3.63, 3.8) is 0 Å². The van der Waals surface area contributed by atoms with E-state index in [0.717, 1.165) is 6.42 Å². The molecule has 4 rings (SSSR count). The summed E-state index contributed by atoms with van der Waals surface area (Å²) in [6, 6.07) is 5.58. The highest BCUT2D eigenvalue weighted by molar-refractivity contribution is 5.96. The molecule has 0 saturated carbocycles. The molecule has 27 heavy (non-hydrogen) atoms. The van der Waals surface area contributed by atoms with Crippen molar-refractivity contribution in [3.05, 3.63) is 60.2 Å². The average Bonchev–Trinajstić information content (AvgIpc) is 3.29. The van der Waals surface area contributed by atoms with Crippen molar-refractivity contribution in [1.82, 2.24) is 19.3 Å². The predicted molar refractivity (Wildman–Crippen MR) is 95.9 cm³/mol. The van der Waals surface area contributed by atoms with Gasteiger partial charge in [0, 0.05) is 12.7 Å². The average molecular weight is 371 g/mol. The van der Waals surface area contributed by atoms with Gasteiger partial charge in [0.2, 0.25) is 5.91 Å². The summed E-state index contributed by atoms with van der Waals surface area (Å²) in [5.74, 6) is 0.249. The highest BCUT2D eigenvalue weighted by atomic mass is 19.1. The number of benzene rings is 1. The number of aryl methyl sites for hydroxylation is 1. The van der Waals surface area contributed by atoms with Gasteiger partial charge in [0.1, 0.15) is 24.4 Å². The summed E-state index contributed by atoms with van der Waals surface area (Å²) >= 11 is 0. The van der Waals surface area contributed by atoms with E-state index in [1.807, 2.05) is 0 Å². The van der Waals surface area contributed by atoms with E-state index in [9.17, 15) is 13.6 Å². The molecule has 0 N–H and O–H groups in total. The molecule has 0 bridgehead atoms. The second-order valence-electron chi connectivity index (χ2n) is 6.59. The van der Waals surface area contributed by atoms with Crippen LogP contribution in [0.4, 0.5) is 14.5 Å².